The van der Waals surface area contributed by atoms with Crippen molar-refractivity contribution in [1.82, 2.24) is 0 Å². The molecule has 15 heteroatoms. The van der Waals surface area contributed by atoms with Gasteiger partial charge in [0.15, 0.2) is 18.7 Å². The Kier molecular flexibility index (Phi) is 14.9. The molecule has 0 aromatic heterocycles. The number of esters is 1. The number of hydrogen-bond acceptors (Lipinski definition) is 15. The summed E-state index contributed by atoms with van der Waals surface area (Å²) < 4.78 is 28.7. The van der Waals surface area contributed by atoms with E-state index in [2.05, 4.69) is 6.92 Å². The predicted octanol–water partition coefficient (Wildman–Crippen LogP) is 5.27. The molecule has 0 spiro atoms. The number of aliphatic hydroxyl groups is 3. The molecular formula is C46H57NO14. The van der Waals surface area contributed by atoms with Crippen molar-refractivity contribution in [3.05, 3.63) is 80.9 Å². The zero-order valence-electron chi connectivity index (χ0n) is 34.9. The second-order valence-electron chi connectivity index (χ2n) is 16.2. The standard InChI is InChI=1S/C46H57NO14/c1-4-5-6-7-8-9-10-11-12-18-58-32-19-26(16-17-27(32)23-48)45(55)59-24-34(49)46(56)21-29-37(33(22-46)61-35-20-30(47)40(50)25(2)60-35)44(54)39-38(42(29)52)41(51)28-14-13-15-31(57-3)36(28)43(39)53/h13-17,19,25,30,33,35,40,48,50,52,54,56H,4-12,18,20-24,47H2,1-3H3/t25-,30-,33-,35-,40+,46-/m0/s1. The van der Waals surface area contributed by atoms with Gasteiger partial charge in [-0.2, -0.15) is 0 Å². The van der Waals surface area contributed by atoms with E-state index in [1.54, 1.807) is 6.92 Å². The number of phenols is 2. The molecule has 330 valence electrons. The van der Waals surface area contributed by atoms with Crippen LogP contribution in [0.5, 0.6) is 23.0 Å². The normalized spacial score (nSPS) is 23.2. The maximum Gasteiger partial charge on any atom is 0.338 e. The highest BCUT2D eigenvalue weighted by Crippen LogP contribution is 2.52. The Morgan fingerprint density at radius 3 is 2.28 bits per heavy atom. The number of rotatable bonds is 19. The molecule has 0 amide bonds. The zero-order valence-corrected chi connectivity index (χ0v) is 34.9. The Balaban J connectivity index is 1.21. The molecule has 7 N–H and O–H groups in total. The third-order valence-electron chi connectivity index (χ3n) is 12.0. The Bertz CT molecular complexity index is 2110. The minimum absolute atomic E-state index is 0.0330. The molecule has 0 unspecified atom stereocenters. The fourth-order valence-electron chi connectivity index (χ4n) is 8.49. The number of aliphatic hydroxyl groups excluding tert-OH is 2. The van der Waals surface area contributed by atoms with E-state index in [9.17, 15) is 44.7 Å². The predicted molar refractivity (Wildman–Crippen MR) is 220 cm³/mol. The molecule has 61 heavy (non-hydrogen) atoms. The highest BCUT2D eigenvalue weighted by atomic mass is 16.7. The smallest absolute Gasteiger partial charge is 0.338 e. The van der Waals surface area contributed by atoms with Crippen LogP contribution in [0, 0.1) is 0 Å². The van der Waals surface area contributed by atoms with E-state index in [0.717, 1.165) is 25.7 Å². The molecule has 0 radical (unpaired) electrons. The van der Waals surface area contributed by atoms with Crippen LogP contribution in [0.4, 0.5) is 0 Å². The summed E-state index contributed by atoms with van der Waals surface area (Å²) in [6.45, 7) is 2.88. The fraction of sp³-hybridized carbons (Fsp3) is 0.522. The summed E-state index contributed by atoms with van der Waals surface area (Å²) in [5, 5.41) is 56.0. The van der Waals surface area contributed by atoms with E-state index >= 15 is 0 Å². The van der Waals surface area contributed by atoms with E-state index in [4.69, 9.17) is 29.4 Å². The summed E-state index contributed by atoms with van der Waals surface area (Å²) in [4.78, 5) is 55.2. The molecular weight excluding hydrogens is 790 g/mol. The van der Waals surface area contributed by atoms with Gasteiger partial charge in [-0.25, -0.2) is 4.79 Å². The van der Waals surface area contributed by atoms with Gasteiger partial charge in [0.05, 0.1) is 60.9 Å². The molecule has 0 saturated carbocycles. The summed E-state index contributed by atoms with van der Waals surface area (Å²) in [6, 6.07) is 7.91. The van der Waals surface area contributed by atoms with Gasteiger partial charge in [-0.05, 0) is 31.5 Å². The number of hydrogen-bond donors (Lipinski definition) is 6. The van der Waals surface area contributed by atoms with Crippen LogP contribution in [-0.2, 0) is 32.0 Å². The number of unbranched alkanes of at least 4 members (excludes halogenated alkanes) is 8. The average Bonchev–Trinajstić information content (AvgIpc) is 3.24. The number of carbonyl (C=O) groups is 4. The minimum atomic E-state index is -2.41. The van der Waals surface area contributed by atoms with Crippen LogP contribution >= 0.6 is 0 Å². The number of ether oxygens (including phenoxy) is 5. The van der Waals surface area contributed by atoms with Gasteiger partial charge in [-0.1, -0.05) is 76.5 Å². The van der Waals surface area contributed by atoms with E-state index in [0.29, 0.717) is 17.9 Å². The number of phenolic OH excluding ortho intramolecular Hbond substituents is 2. The fourth-order valence-corrected chi connectivity index (χ4v) is 8.49. The third-order valence-corrected chi connectivity index (χ3v) is 12.0. The van der Waals surface area contributed by atoms with Crippen molar-refractivity contribution >= 4 is 23.3 Å². The lowest BCUT2D eigenvalue weighted by Gasteiger charge is -2.42. The molecule has 2 aliphatic carbocycles. The largest absolute Gasteiger partial charge is 0.507 e. The highest BCUT2D eigenvalue weighted by Gasteiger charge is 2.50. The number of Topliss-reactive ketones (excluding diaryl/α,β-unsaturated/α-hetero) is 1. The van der Waals surface area contributed by atoms with Crippen molar-refractivity contribution in [2.75, 3.05) is 20.3 Å². The minimum Gasteiger partial charge on any atom is -0.507 e. The molecule has 1 aliphatic heterocycles. The van der Waals surface area contributed by atoms with E-state index in [1.165, 1.54) is 75.6 Å². The summed E-state index contributed by atoms with van der Waals surface area (Å²) in [5.74, 6) is -4.62. The second kappa shape index (κ2) is 19.9. The van der Waals surface area contributed by atoms with Crippen LogP contribution in [0.15, 0.2) is 36.4 Å². The molecule has 6 atom stereocenters. The number of ketones is 3. The third kappa shape index (κ3) is 9.62. The summed E-state index contributed by atoms with van der Waals surface area (Å²) >= 11 is 0. The maximum atomic E-state index is 14.0. The van der Waals surface area contributed by atoms with E-state index in [-0.39, 0.29) is 46.6 Å². The molecule has 1 saturated heterocycles. The molecule has 6 rings (SSSR count). The summed E-state index contributed by atoms with van der Waals surface area (Å²) in [5.41, 5.74) is 2.58. The SMILES string of the molecule is CCCCCCCCCCCOc1cc(C(=O)OCC(=O)[C@]2(O)Cc3c(O)c4c(c(O)c3[C@@H](O[C@H]3C[C@H](N)[C@H](O)[C@H](C)O3)C2)C(=O)c2c(OC)cccc2C4=O)ccc1CO. The lowest BCUT2D eigenvalue weighted by atomic mass is 9.72. The van der Waals surface area contributed by atoms with Crippen LogP contribution in [-0.4, -0.2) is 99.3 Å². The Labute approximate surface area is 354 Å². The van der Waals surface area contributed by atoms with E-state index < -0.39 is 102 Å². The Hall–Kier alpha value is -4.90. The van der Waals surface area contributed by atoms with Crippen molar-refractivity contribution < 1.29 is 68.4 Å². The van der Waals surface area contributed by atoms with Gasteiger partial charge in [-0.3, -0.25) is 14.4 Å². The maximum absolute atomic E-state index is 14.0. The first kappa shape index (κ1) is 45.6. The van der Waals surface area contributed by atoms with Gasteiger partial charge < -0.3 is 55.0 Å². The molecule has 0 bridgehead atoms. The summed E-state index contributed by atoms with van der Waals surface area (Å²) in [7, 11) is 1.32. The second-order valence-corrected chi connectivity index (χ2v) is 16.2. The first-order valence-corrected chi connectivity index (χ1v) is 21.2. The summed E-state index contributed by atoms with van der Waals surface area (Å²) in [6.07, 6.45) is 4.50. The molecule has 3 aliphatic rings. The van der Waals surface area contributed by atoms with Gasteiger partial charge in [0, 0.05) is 47.6 Å². The lowest BCUT2D eigenvalue weighted by Crippen LogP contribution is -2.53. The van der Waals surface area contributed by atoms with Crippen molar-refractivity contribution in [2.24, 2.45) is 5.73 Å². The van der Waals surface area contributed by atoms with E-state index in [1.807, 2.05) is 0 Å². The zero-order chi connectivity index (χ0) is 44.0. The number of carbonyl (C=O) groups excluding carboxylic acids is 4. The number of nitrogens with two attached hydrogens (primary N) is 1. The number of aromatic hydroxyl groups is 2. The van der Waals surface area contributed by atoms with Gasteiger partial charge in [0.25, 0.3) is 0 Å². The Morgan fingerprint density at radius 1 is 0.918 bits per heavy atom. The number of fused-ring (bicyclic) bond motifs is 3. The van der Waals surface area contributed by atoms with Crippen molar-refractivity contribution in [3.8, 4) is 23.0 Å². The molecule has 15 nitrogen and oxygen atoms in total. The highest BCUT2D eigenvalue weighted by molar-refractivity contribution is 6.31. The van der Waals surface area contributed by atoms with Crippen LogP contribution < -0.4 is 15.2 Å². The van der Waals surface area contributed by atoms with Crippen LogP contribution in [0.1, 0.15) is 149 Å². The van der Waals surface area contributed by atoms with Gasteiger partial charge in [0.2, 0.25) is 11.6 Å². The van der Waals surface area contributed by atoms with Gasteiger partial charge in [-0.15, -0.1) is 0 Å². The van der Waals surface area contributed by atoms with Crippen molar-refractivity contribution in [1.29, 1.82) is 0 Å². The van der Waals surface area contributed by atoms with Crippen molar-refractivity contribution in [2.45, 2.75) is 134 Å². The average molecular weight is 848 g/mol. The molecule has 1 heterocycles. The quantitative estimate of drug-likeness (QED) is 0.0400. The number of benzene rings is 3. The first-order valence-electron chi connectivity index (χ1n) is 21.2. The van der Waals surface area contributed by atoms with Crippen LogP contribution in [0.2, 0.25) is 0 Å². The monoisotopic (exact) mass is 847 g/mol. The topological polar surface area (TPSA) is 242 Å². The molecule has 3 aromatic carbocycles. The van der Waals surface area contributed by atoms with Gasteiger partial charge in [0.1, 0.15) is 28.6 Å². The lowest BCUT2D eigenvalue weighted by molar-refractivity contribution is -0.247. The number of methoxy groups -OCH3 is 1. The Morgan fingerprint density at radius 2 is 1.61 bits per heavy atom. The van der Waals surface area contributed by atoms with Crippen molar-refractivity contribution in [3.63, 3.8) is 0 Å². The molecule has 1 fully saturated rings. The van der Waals surface area contributed by atoms with Crippen LogP contribution in [0.25, 0.3) is 0 Å². The van der Waals surface area contributed by atoms with Gasteiger partial charge >= 0.3 is 5.97 Å². The molecule has 3 aromatic rings. The first-order chi connectivity index (χ1) is 29.2. The van der Waals surface area contributed by atoms with Crippen LogP contribution in [0.3, 0.4) is 0 Å².